The maximum atomic E-state index is 6.21. The molecule has 3 aromatic rings. The molecule has 0 amide bonds. The van der Waals surface area contributed by atoms with E-state index in [0.717, 1.165) is 21.6 Å². The number of rotatable bonds is 5. The Morgan fingerprint density at radius 1 is 1.08 bits per heavy atom. The fourth-order valence-electron chi connectivity index (χ4n) is 2.17. The van der Waals surface area contributed by atoms with Crippen LogP contribution in [0.5, 0.6) is 0 Å². The highest BCUT2D eigenvalue weighted by Crippen LogP contribution is 2.20. The molecule has 0 aliphatic heterocycles. The average Bonchev–Trinajstić information content (AvgIpc) is 3.03. The zero-order chi connectivity index (χ0) is 16.8. The van der Waals surface area contributed by atoms with Crippen molar-refractivity contribution in [1.29, 1.82) is 0 Å². The Morgan fingerprint density at radius 2 is 1.83 bits per heavy atom. The van der Waals surface area contributed by atoms with Gasteiger partial charge in [-0.15, -0.1) is 17.9 Å². The van der Waals surface area contributed by atoms with Gasteiger partial charge in [0.05, 0.1) is 18.5 Å². The third kappa shape index (κ3) is 3.72. The minimum absolute atomic E-state index is 0.552. The molecule has 0 unspecified atom stereocenters. The highest BCUT2D eigenvalue weighted by Gasteiger charge is 2.06. The van der Waals surface area contributed by atoms with Crippen molar-refractivity contribution in [1.82, 2.24) is 4.68 Å². The van der Waals surface area contributed by atoms with E-state index in [2.05, 4.69) is 34.2 Å². The van der Waals surface area contributed by atoms with Crippen LogP contribution in [0.4, 0.5) is 0 Å². The molecular weight excluding hydrogens is 338 g/mol. The molecule has 3 rings (SSSR count). The molecule has 2 aromatic carbocycles. The van der Waals surface area contributed by atoms with E-state index in [4.69, 9.17) is 11.6 Å². The van der Waals surface area contributed by atoms with Crippen LogP contribution < -0.4 is 4.80 Å². The Balaban J connectivity index is 2.09. The third-order valence-electron chi connectivity index (χ3n) is 3.33. The predicted octanol–water partition coefficient (Wildman–Crippen LogP) is 4.84. The van der Waals surface area contributed by atoms with E-state index in [1.807, 2.05) is 47.1 Å². The number of halogens is 1. The first-order valence-corrected chi connectivity index (χ1v) is 8.71. The second-order valence-electron chi connectivity index (χ2n) is 4.98. The lowest BCUT2D eigenvalue weighted by Crippen LogP contribution is -2.12. The van der Waals surface area contributed by atoms with Gasteiger partial charge in [-0.2, -0.15) is 5.10 Å². The summed E-state index contributed by atoms with van der Waals surface area (Å²) in [4.78, 5) is 5.34. The van der Waals surface area contributed by atoms with E-state index in [1.165, 1.54) is 0 Å². The molecule has 1 heterocycles. The molecule has 0 spiro atoms. The molecule has 0 aliphatic rings. The molecule has 1 aromatic heterocycles. The van der Waals surface area contributed by atoms with Crippen molar-refractivity contribution < 1.29 is 0 Å². The van der Waals surface area contributed by atoms with Crippen molar-refractivity contribution in [3.8, 4) is 11.3 Å². The van der Waals surface area contributed by atoms with E-state index < -0.39 is 0 Å². The fourth-order valence-corrected chi connectivity index (χ4v) is 3.20. The van der Waals surface area contributed by atoms with Crippen molar-refractivity contribution >= 4 is 29.2 Å². The maximum absolute atomic E-state index is 6.21. The van der Waals surface area contributed by atoms with Gasteiger partial charge < -0.3 is 0 Å². The lowest BCUT2D eigenvalue weighted by atomic mass is 10.2. The first-order valence-electron chi connectivity index (χ1n) is 7.46. The standard InChI is InChI=1S/C19H16ClN3S/c1-2-12-21-19-23(22-13-16-10-6-7-11-17(16)20)18(14-24-19)15-8-4-3-5-9-15/h2-11,13-14H,1,12H2. The van der Waals surface area contributed by atoms with Gasteiger partial charge in [-0.1, -0.05) is 66.2 Å². The van der Waals surface area contributed by atoms with Crippen LogP contribution >= 0.6 is 22.9 Å². The lowest BCUT2D eigenvalue weighted by molar-refractivity contribution is 0.840. The second kappa shape index (κ2) is 7.90. The summed E-state index contributed by atoms with van der Waals surface area (Å²) in [7, 11) is 0. The number of hydrogen-bond acceptors (Lipinski definition) is 3. The smallest absolute Gasteiger partial charge is 0.206 e. The molecule has 0 fully saturated rings. The molecule has 0 saturated carbocycles. The summed E-state index contributed by atoms with van der Waals surface area (Å²) in [6, 6.07) is 17.7. The molecule has 0 saturated heterocycles. The van der Waals surface area contributed by atoms with E-state index >= 15 is 0 Å². The Labute approximate surface area is 149 Å². The normalized spacial score (nSPS) is 12.0. The van der Waals surface area contributed by atoms with Crippen LogP contribution in [0.2, 0.25) is 5.02 Å². The minimum atomic E-state index is 0.552. The molecule has 24 heavy (non-hydrogen) atoms. The third-order valence-corrected chi connectivity index (χ3v) is 4.53. The molecule has 0 N–H and O–H groups in total. The Kier molecular flexibility index (Phi) is 5.41. The van der Waals surface area contributed by atoms with E-state index in [0.29, 0.717) is 11.6 Å². The molecule has 0 atom stereocenters. The topological polar surface area (TPSA) is 29.6 Å². The summed E-state index contributed by atoms with van der Waals surface area (Å²) >= 11 is 7.76. The van der Waals surface area contributed by atoms with E-state index in [1.54, 1.807) is 23.6 Å². The van der Waals surface area contributed by atoms with Gasteiger partial charge in [-0.25, -0.2) is 4.68 Å². The van der Waals surface area contributed by atoms with Gasteiger partial charge >= 0.3 is 0 Å². The molecule has 0 bridgehead atoms. The van der Waals surface area contributed by atoms with Gasteiger partial charge in [-0.3, -0.25) is 4.99 Å². The summed E-state index contributed by atoms with van der Waals surface area (Å²) in [6.07, 6.45) is 3.53. The highest BCUT2D eigenvalue weighted by atomic mass is 35.5. The maximum Gasteiger partial charge on any atom is 0.206 e. The van der Waals surface area contributed by atoms with Crippen LogP contribution in [-0.4, -0.2) is 17.4 Å². The zero-order valence-corrected chi connectivity index (χ0v) is 14.5. The van der Waals surface area contributed by atoms with Crippen molar-refractivity contribution in [2.45, 2.75) is 0 Å². The van der Waals surface area contributed by atoms with Gasteiger partial charge in [0.2, 0.25) is 4.80 Å². The second-order valence-corrected chi connectivity index (χ2v) is 6.22. The molecule has 5 heteroatoms. The first-order chi connectivity index (χ1) is 11.8. The van der Waals surface area contributed by atoms with Crippen molar-refractivity contribution in [3.05, 3.63) is 88.0 Å². The SMILES string of the molecule is C=CCN=c1scc(-c2ccccc2)n1N=Cc1ccccc1Cl. The summed E-state index contributed by atoms with van der Waals surface area (Å²) in [6.45, 7) is 4.27. The van der Waals surface area contributed by atoms with Crippen LogP contribution in [0.3, 0.4) is 0 Å². The Morgan fingerprint density at radius 3 is 2.58 bits per heavy atom. The monoisotopic (exact) mass is 353 g/mol. The first kappa shape index (κ1) is 16.4. The minimum Gasteiger partial charge on any atom is -0.253 e. The quantitative estimate of drug-likeness (QED) is 0.464. The van der Waals surface area contributed by atoms with Gasteiger partial charge in [0.1, 0.15) is 0 Å². The molecular formula is C19H16ClN3S. The fraction of sp³-hybridized carbons (Fsp3) is 0.0526. The highest BCUT2D eigenvalue weighted by molar-refractivity contribution is 7.07. The molecule has 3 nitrogen and oxygen atoms in total. The summed E-state index contributed by atoms with van der Waals surface area (Å²) < 4.78 is 1.84. The van der Waals surface area contributed by atoms with Crippen LogP contribution in [-0.2, 0) is 0 Å². The van der Waals surface area contributed by atoms with E-state index in [-0.39, 0.29) is 0 Å². The number of thiazole rings is 1. The van der Waals surface area contributed by atoms with Crippen molar-refractivity contribution in [3.63, 3.8) is 0 Å². The van der Waals surface area contributed by atoms with Crippen LogP contribution in [0, 0.1) is 0 Å². The van der Waals surface area contributed by atoms with Crippen molar-refractivity contribution in [2.75, 3.05) is 6.54 Å². The van der Waals surface area contributed by atoms with Crippen LogP contribution in [0.15, 0.2) is 82.7 Å². The van der Waals surface area contributed by atoms with Gasteiger partial charge in [0, 0.05) is 21.5 Å². The molecule has 120 valence electrons. The zero-order valence-electron chi connectivity index (χ0n) is 13.0. The number of nitrogens with zero attached hydrogens (tertiary/aromatic N) is 3. The summed E-state index contributed by atoms with van der Waals surface area (Å²) in [5, 5.41) is 7.34. The average molecular weight is 354 g/mol. The predicted molar refractivity (Wildman–Crippen MR) is 103 cm³/mol. The van der Waals surface area contributed by atoms with E-state index in [9.17, 15) is 0 Å². The molecule has 0 radical (unpaired) electrons. The lowest BCUT2D eigenvalue weighted by Gasteiger charge is -2.03. The Hall–Kier alpha value is -2.43. The summed E-state index contributed by atoms with van der Waals surface area (Å²) in [5.41, 5.74) is 2.95. The number of benzene rings is 2. The molecule has 0 aliphatic carbocycles. The van der Waals surface area contributed by atoms with Crippen molar-refractivity contribution in [2.24, 2.45) is 10.1 Å². The Bertz CT molecular complexity index is 923. The van der Waals surface area contributed by atoms with Crippen LogP contribution in [0.1, 0.15) is 5.56 Å². The van der Waals surface area contributed by atoms with Gasteiger partial charge in [0.25, 0.3) is 0 Å². The van der Waals surface area contributed by atoms with Gasteiger partial charge in [0.15, 0.2) is 0 Å². The van der Waals surface area contributed by atoms with Gasteiger partial charge in [-0.05, 0) is 6.07 Å². The summed E-state index contributed by atoms with van der Waals surface area (Å²) in [5.74, 6) is 0. The largest absolute Gasteiger partial charge is 0.253 e. The number of aromatic nitrogens is 1. The number of hydrogen-bond donors (Lipinski definition) is 0. The van der Waals surface area contributed by atoms with Crippen LogP contribution in [0.25, 0.3) is 11.3 Å².